The first-order valence-corrected chi connectivity index (χ1v) is 10.5. The summed E-state index contributed by atoms with van der Waals surface area (Å²) in [5, 5.41) is 2.75. The van der Waals surface area contributed by atoms with E-state index in [1.807, 2.05) is 0 Å². The lowest BCUT2D eigenvalue weighted by Crippen LogP contribution is -2.15. The lowest BCUT2D eigenvalue weighted by atomic mass is 10.2. The molecule has 0 fully saturated rings. The molecule has 1 amide bonds. The molecule has 0 aliphatic rings. The third-order valence-corrected chi connectivity index (χ3v) is 5.68. The molecule has 2 N–H and O–H groups in total. The van der Waals surface area contributed by atoms with Crippen LogP contribution in [0.25, 0.3) is 0 Å². The van der Waals surface area contributed by atoms with Gasteiger partial charge >= 0.3 is 0 Å². The Morgan fingerprint density at radius 1 is 0.867 bits per heavy atom. The van der Waals surface area contributed by atoms with E-state index in [1.165, 1.54) is 56.5 Å². The topological polar surface area (TPSA) is 102 Å². The highest BCUT2D eigenvalue weighted by molar-refractivity contribution is 7.92. The quantitative estimate of drug-likeness (QED) is 0.559. The fourth-order valence-corrected chi connectivity index (χ4v) is 3.83. The van der Waals surface area contributed by atoms with E-state index in [4.69, 9.17) is 4.74 Å². The van der Waals surface area contributed by atoms with Gasteiger partial charge in [-0.3, -0.25) is 14.3 Å². The van der Waals surface area contributed by atoms with E-state index in [-0.39, 0.29) is 22.3 Å². The normalized spacial score (nSPS) is 10.9. The fourth-order valence-electron chi connectivity index (χ4n) is 2.73. The number of hydrogen-bond acceptors (Lipinski definition) is 5. The van der Waals surface area contributed by atoms with Crippen LogP contribution in [0, 0.1) is 0 Å². The predicted molar refractivity (Wildman–Crippen MR) is 115 cm³/mol. The van der Waals surface area contributed by atoms with Crippen molar-refractivity contribution in [2.24, 2.45) is 0 Å². The SMILES string of the molecule is COc1ccccc1NC(=O)c1ccc(NS(=O)(=O)c2cccc(C(C)=O)c2)cc1. The van der Waals surface area contributed by atoms with Crippen LogP contribution in [0.3, 0.4) is 0 Å². The minimum Gasteiger partial charge on any atom is -0.495 e. The number of para-hydroxylation sites is 2. The van der Waals surface area contributed by atoms with Crippen LogP contribution in [-0.2, 0) is 10.0 Å². The number of benzene rings is 3. The monoisotopic (exact) mass is 424 g/mol. The van der Waals surface area contributed by atoms with Crippen molar-refractivity contribution < 1.29 is 22.7 Å². The Labute approximate surface area is 174 Å². The maximum atomic E-state index is 12.6. The lowest BCUT2D eigenvalue weighted by Gasteiger charge is -2.11. The van der Waals surface area contributed by atoms with Crippen LogP contribution in [-0.4, -0.2) is 27.2 Å². The Morgan fingerprint density at radius 3 is 2.23 bits per heavy atom. The third kappa shape index (κ3) is 4.84. The van der Waals surface area contributed by atoms with Gasteiger partial charge in [0.25, 0.3) is 15.9 Å². The molecule has 0 saturated heterocycles. The van der Waals surface area contributed by atoms with E-state index in [2.05, 4.69) is 10.0 Å². The van der Waals surface area contributed by atoms with Crippen molar-refractivity contribution in [1.82, 2.24) is 0 Å². The molecule has 0 atom stereocenters. The number of rotatable bonds is 7. The molecule has 3 aromatic carbocycles. The molecule has 0 aromatic heterocycles. The average molecular weight is 424 g/mol. The van der Waals surface area contributed by atoms with Crippen LogP contribution in [0.1, 0.15) is 27.6 Å². The number of carbonyl (C=O) groups is 2. The molecule has 0 heterocycles. The van der Waals surface area contributed by atoms with Gasteiger partial charge in [-0.05, 0) is 55.5 Å². The van der Waals surface area contributed by atoms with Crippen LogP contribution >= 0.6 is 0 Å². The van der Waals surface area contributed by atoms with E-state index in [9.17, 15) is 18.0 Å². The number of carbonyl (C=O) groups excluding carboxylic acids is 2. The van der Waals surface area contributed by atoms with Crippen molar-refractivity contribution >= 4 is 33.1 Å². The van der Waals surface area contributed by atoms with Gasteiger partial charge < -0.3 is 10.1 Å². The van der Waals surface area contributed by atoms with E-state index >= 15 is 0 Å². The zero-order chi connectivity index (χ0) is 21.7. The van der Waals surface area contributed by atoms with Gasteiger partial charge in [0.15, 0.2) is 5.78 Å². The molecule has 3 aromatic rings. The standard InChI is InChI=1S/C22H20N2O5S/c1-15(25)17-6-5-7-19(14-17)30(27,28)24-18-12-10-16(11-13-18)22(26)23-20-8-3-4-9-21(20)29-2/h3-14,24H,1-2H3,(H,23,26). The van der Waals surface area contributed by atoms with Gasteiger partial charge in [0.05, 0.1) is 17.7 Å². The molecule has 30 heavy (non-hydrogen) atoms. The van der Waals surface area contributed by atoms with Crippen molar-refractivity contribution in [3.8, 4) is 5.75 Å². The predicted octanol–water partition coefficient (Wildman–Crippen LogP) is 3.95. The summed E-state index contributed by atoms with van der Waals surface area (Å²) < 4.78 is 32.8. The minimum atomic E-state index is -3.88. The van der Waals surface area contributed by atoms with Crippen LogP contribution in [0.5, 0.6) is 5.75 Å². The second-order valence-corrected chi connectivity index (χ2v) is 8.10. The number of ether oxygens (including phenoxy) is 1. The summed E-state index contributed by atoms with van der Waals surface area (Å²) in [5.74, 6) is -0.0523. The molecule has 0 radical (unpaired) electrons. The van der Waals surface area contributed by atoms with Crippen molar-refractivity contribution in [3.05, 3.63) is 83.9 Å². The van der Waals surface area contributed by atoms with Gasteiger partial charge in [-0.2, -0.15) is 0 Å². The van der Waals surface area contributed by atoms with E-state index in [0.717, 1.165) is 0 Å². The Bertz CT molecular complexity index is 1190. The lowest BCUT2D eigenvalue weighted by molar-refractivity contribution is 0.101. The van der Waals surface area contributed by atoms with Gasteiger partial charge in [-0.15, -0.1) is 0 Å². The molecule has 0 aliphatic heterocycles. The number of amides is 1. The molecular formula is C22H20N2O5S. The number of ketones is 1. The highest BCUT2D eigenvalue weighted by Crippen LogP contribution is 2.24. The number of sulfonamides is 1. The first kappa shape index (κ1) is 21.1. The number of methoxy groups -OCH3 is 1. The molecule has 8 heteroatoms. The Hall–Kier alpha value is -3.65. The fraction of sp³-hybridized carbons (Fsp3) is 0.0909. The molecule has 0 spiro atoms. The molecular weight excluding hydrogens is 404 g/mol. The van der Waals surface area contributed by atoms with E-state index in [0.29, 0.717) is 22.6 Å². The number of Topliss-reactive ketones (excluding diaryl/α,β-unsaturated/α-hetero) is 1. The van der Waals surface area contributed by atoms with Crippen molar-refractivity contribution in [2.45, 2.75) is 11.8 Å². The molecule has 3 rings (SSSR count). The summed E-state index contributed by atoms with van der Waals surface area (Å²) in [6.07, 6.45) is 0. The Kier molecular flexibility index (Phi) is 6.17. The van der Waals surface area contributed by atoms with Gasteiger partial charge in [0, 0.05) is 16.8 Å². The van der Waals surface area contributed by atoms with Gasteiger partial charge in [0.1, 0.15) is 5.75 Å². The number of anilines is 2. The summed E-state index contributed by atoms with van der Waals surface area (Å²) in [6, 6.07) is 18.8. The van der Waals surface area contributed by atoms with Crippen molar-refractivity contribution in [2.75, 3.05) is 17.1 Å². The molecule has 7 nitrogen and oxygen atoms in total. The maximum absolute atomic E-state index is 12.6. The highest BCUT2D eigenvalue weighted by Gasteiger charge is 2.16. The summed E-state index contributed by atoms with van der Waals surface area (Å²) in [5.41, 5.74) is 1.47. The van der Waals surface area contributed by atoms with E-state index in [1.54, 1.807) is 30.3 Å². The Balaban J connectivity index is 1.74. The summed E-state index contributed by atoms with van der Waals surface area (Å²) in [6.45, 7) is 1.37. The Morgan fingerprint density at radius 2 is 1.57 bits per heavy atom. The third-order valence-electron chi connectivity index (χ3n) is 4.31. The van der Waals surface area contributed by atoms with Crippen molar-refractivity contribution in [3.63, 3.8) is 0 Å². The first-order valence-electron chi connectivity index (χ1n) is 8.98. The molecule has 0 aliphatic carbocycles. The second kappa shape index (κ2) is 8.79. The molecule has 0 unspecified atom stereocenters. The first-order chi connectivity index (χ1) is 14.3. The smallest absolute Gasteiger partial charge is 0.261 e. The number of nitrogens with one attached hydrogen (secondary N) is 2. The average Bonchev–Trinajstić information content (AvgIpc) is 2.74. The number of hydrogen-bond donors (Lipinski definition) is 2. The van der Waals surface area contributed by atoms with Crippen LogP contribution < -0.4 is 14.8 Å². The molecule has 0 bridgehead atoms. The van der Waals surface area contributed by atoms with Gasteiger partial charge in [-0.1, -0.05) is 24.3 Å². The summed E-state index contributed by atoms with van der Waals surface area (Å²) in [7, 11) is -2.37. The zero-order valence-corrected chi connectivity index (χ0v) is 17.2. The van der Waals surface area contributed by atoms with Crippen LogP contribution in [0.15, 0.2) is 77.7 Å². The van der Waals surface area contributed by atoms with Crippen molar-refractivity contribution in [1.29, 1.82) is 0 Å². The summed E-state index contributed by atoms with van der Waals surface area (Å²) >= 11 is 0. The van der Waals surface area contributed by atoms with Gasteiger partial charge in [-0.25, -0.2) is 8.42 Å². The molecule has 0 saturated carbocycles. The second-order valence-electron chi connectivity index (χ2n) is 6.42. The van der Waals surface area contributed by atoms with Gasteiger partial charge in [0.2, 0.25) is 0 Å². The maximum Gasteiger partial charge on any atom is 0.261 e. The molecule has 154 valence electrons. The van der Waals surface area contributed by atoms with Crippen LogP contribution in [0.2, 0.25) is 0 Å². The largest absolute Gasteiger partial charge is 0.495 e. The summed E-state index contributed by atoms with van der Waals surface area (Å²) in [4.78, 5) is 23.9. The zero-order valence-electron chi connectivity index (χ0n) is 16.4. The highest BCUT2D eigenvalue weighted by atomic mass is 32.2. The van der Waals surface area contributed by atoms with E-state index < -0.39 is 10.0 Å². The van der Waals surface area contributed by atoms with Crippen LogP contribution in [0.4, 0.5) is 11.4 Å². The minimum absolute atomic E-state index is 0.0202.